The van der Waals surface area contributed by atoms with E-state index in [9.17, 15) is 9.59 Å². The molecule has 3 aromatic rings. The lowest BCUT2D eigenvalue weighted by Gasteiger charge is -2.19. The van der Waals surface area contributed by atoms with Gasteiger partial charge in [0.1, 0.15) is 17.9 Å². The summed E-state index contributed by atoms with van der Waals surface area (Å²) in [7, 11) is 0. The van der Waals surface area contributed by atoms with Gasteiger partial charge >= 0.3 is 11.6 Å². The first-order chi connectivity index (χ1) is 14.1. The number of aryl methyl sites for hydroxylation is 1. The molecule has 0 unspecified atom stereocenters. The standard InChI is InChI=1S/C25H28O5/c1-13-14(2)16(4)22(17(5)15(13)3)12-29-19-7-8-20-18(6)21(9-10-24(26)27)25(28)30-23(20)11-19/h7-8,11H,9-10,12H2,1-6H3,(H,26,27). The normalized spacial score (nSPS) is 11.1. The van der Waals surface area contributed by atoms with Crippen molar-refractivity contribution in [3.8, 4) is 5.75 Å². The van der Waals surface area contributed by atoms with Gasteiger partial charge in [-0.1, -0.05) is 0 Å². The Morgan fingerprint density at radius 2 is 1.50 bits per heavy atom. The first kappa shape index (κ1) is 21.6. The van der Waals surface area contributed by atoms with Crippen LogP contribution in [0.2, 0.25) is 0 Å². The molecule has 0 radical (unpaired) electrons. The Morgan fingerprint density at radius 1 is 0.900 bits per heavy atom. The van der Waals surface area contributed by atoms with Crippen LogP contribution in [0.5, 0.6) is 5.75 Å². The quantitative estimate of drug-likeness (QED) is 0.565. The van der Waals surface area contributed by atoms with E-state index in [-0.39, 0.29) is 12.8 Å². The van der Waals surface area contributed by atoms with E-state index < -0.39 is 11.6 Å². The summed E-state index contributed by atoms with van der Waals surface area (Å²) in [6, 6.07) is 5.44. The Balaban J connectivity index is 1.92. The molecule has 2 aromatic carbocycles. The second kappa shape index (κ2) is 8.34. The number of ether oxygens (including phenoxy) is 1. The summed E-state index contributed by atoms with van der Waals surface area (Å²) in [5.74, 6) is -0.317. The molecule has 0 atom stereocenters. The van der Waals surface area contributed by atoms with Crippen LogP contribution in [0.1, 0.15) is 50.9 Å². The number of rotatable bonds is 6. The number of hydrogen-bond donors (Lipinski definition) is 1. The average Bonchev–Trinajstić information content (AvgIpc) is 2.70. The molecule has 0 fully saturated rings. The lowest BCUT2D eigenvalue weighted by Crippen LogP contribution is -2.12. The van der Waals surface area contributed by atoms with Gasteiger partial charge < -0.3 is 14.3 Å². The summed E-state index contributed by atoms with van der Waals surface area (Å²) in [5.41, 5.74) is 8.66. The second-order valence-corrected chi connectivity index (χ2v) is 7.94. The van der Waals surface area contributed by atoms with Crippen molar-refractivity contribution in [2.45, 2.75) is 61.0 Å². The fourth-order valence-corrected chi connectivity index (χ4v) is 3.93. The van der Waals surface area contributed by atoms with E-state index in [4.69, 9.17) is 14.3 Å². The highest BCUT2D eigenvalue weighted by molar-refractivity contribution is 5.82. The Morgan fingerprint density at radius 3 is 2.10 bits per heavy atom. The zero-order valence-electron chi connectivity index (χ0n) is 18.4. The zero-order valence-corrected chi connectivity index (χ0v) is 18.4. The van der Waals surface area contributed by atoms with Crippen LogP contribution in [0.15, 0.2) is 27.4 Å². The molecule has 0 amide bonds. The molecule has 5 nitrogen and oxygen atoms in total. The van der Waals surface area contributed by atoms with Gasteiger partial charge in [0.25, 0.3) is 0 Å². The molecule has 0 spiro atoms. The van der Waals surface area contributed by atoms with Crippen LogP contribution in [0.4, 0.5) is 0 Å². The number of fused-ring (bicyclic) bond motifs is 1. The Labute approximate surface area is 176 Å². The van der Waals surface area contributed by atoms with Gasteiger partial charge in [-0.05, 0) is 99.0 Å². The van der Waals surface area contributed by atoms with Crippen molar-refractivity contribution < 1.29 is 19.1 Å². The van der Waals surface area contributed by atoms with Crippen LogP contribution in [0.25, 0.3) is 11.0 Å². The SMILES string of the molecule is Cc1c(C)c(C)c(COc2ccc3c(C)c(CCC(=O)O)c(=O)oc3c2)c(C)c1C. The van der Waals surface area contributed by atoms with Gasteiger partial charge in [0.05, 0.1) is 0 Å². The third kappa shape index (κ3) is 3.97. The van der Waals surface area contributed by atoms with E-state index >= 15 is 0 Å². The predicted molar refractivity (Wildman–Crippen MR) is 118 cm³/mol. The van der Waals surface area contributed by atoms with Crippen LogP contribution in [0.3, 0.4) is 0 Å². The van der Waals surface area contributed by atoms with Gasteiger partial charge in [0, 0.05) is 23.4 Å². The Bertz CT molecular complexity index is 1170. The van der Waals surface area contributed by atoms with E-state index in [1.807, 2.05) is 19.1 Å². The van der Waals surface area contributed by atoms with E-state index in [2.05, 4.69) is 34.6 Å². The van der Waals surface area contributed by atoms with Crippen molar-refractivity contribution in [2.24, 2.45) is 0 Å². The summed E-state index contributed by atoms with van der Waals surface area (Å²) in [6.45, 7) is 12.9. The van der Waals surface area contributed by atoms with E-state index in [1.54, 1.807) is 6.07 Å². The molecule has 0 saturated carbocycles. The third-order valence-corrected chi connectivity index (χ3v) is 6.39. The topological polar surface area (TPSA) is 76.7 Å². The van der Waals surface area contributed by atoms with Crippen molar-refractivity contribution in [1.82, 2.24) is 0 Å². The maximum atomic E-state index is 12.4. The average molecular weight is 408 g/mol. The smallest absolute Gasteiger partial charge is 0.339 e. The van der Waals surface area contributed by atoms with Gasteiger partial charge in [-0.2, -0.15) is 0 Å². The number of carboxylic acid groups (broad SMARTS) is 1. The molecule has 1 heterocycles. The second-order valence-electron chi connectivity index (χ2n) is 7.94. The zero-order chi connectivity index (χ0) is 22.2. The molecule has 1 N–H and O–H groups in total. The van der Waals surface area contributed by atoms with Gasteiger partial charge in [-0.3, -0.25) is 4.79 Å². The Hall–Kier alpha value is -3.08. The number of aliphatic carboxylic acids is 1. The number of carboxylic acids is 1. The lowest BCUT2D eigenvalue weighted by atomic mass is 9.90. The first-order valence-electron chi connectivity index (χ1n) is 10.1. The molecular weight excluding hydrogens is 380 g/mol. The highest BCUT2D eigenvalue weighted by atomic mass is 16.5. The van der Waals surface area contributed by atoms with Crippen molar-refractivity contribution in [3.63, 3.8) is 0 Å². The third-order valence-electron chi connectivity index (χ3n) is 6.39. The fraction of sp³-hybridized carbons (Fsp3) is 0.360. The molecule has 158 valence electrons. The van der Waals surface area contributed by atoms with Crippen LogP contribution in [-0.4, -0.2) is 11.1 Å². The molecule has 5 heteroatoms. The highest BCUT2D eigenvalue weighted by Gasteiger charge is 2.15. The number of benzene rings is 2. The fourth-order valence-electron chi connectivity index (χ4n) is 3.93. The molecule has 0 aliphatic rings. The van der Waals surface area contributed by atoms with Gasteiger partial charge in [0.2, 0.25) is 0 Å². The first-order valence-corrected chi connectivity index (χ1v) is 10.1. The largest absolute Gasteiger partial charge is 0.489 e. The summed E-state index contributed by atoms with van der Waals surface area (Å²) in [6.07, 6.45) is 0.0504. The van der Waals surface area contributed by atoms with Crippen molar-refractivity contribution in [2.75, 3.05) is 0 Å². The Kier molecular flexibility index (Phi) is 6.01. The molecule has 3 rings (SSSR count). The number of carbonyl (C=O) groups is 1. The minimum atomic E-state index is -0.940. The maximum Gasteiger partial charge on any atom is 0.339 e. The van der Waals surface area contributed by atoms with Crippen molar-refractivity contribution in [1.29, 1.82) is 0 Å². The van der Waals surface area contributed by atoms with Crippen LogP contribution < -0.4 is 10.4 Å². The summed E-state index contributed by atoms with van der Waals surface area (Å²) in [5, 5.41) is 9.69. The number of hydrogen-bond acceptors (Lipinski definition) is 4. The monoisotopic (exact) mass is 408 g/mol. The maximum absolute atomic E-state index is 12.4. The van der Waals surface area contributed by atoms with E-state index in [0.29, 0.717) is 23.5 Å². The molecule has 0 aliphatic carbocycles. The van der Waals surface area contributed by atoms with E-state index in [0.717, 1.165) is 10.9 Å². The van der Waals surface area contributed by atoms with Gasteiger partial charge in [0.15, 0.2) is 0 Å². The van der Waals surface area contributed by atoms with Crippen LogP contribution in [0, 0.1) is 41.5 Å². The minimum absolute atomic E-state index is 0.105. The molecule has 30 heavy (non-hydrogen) atoms. The van der Waals surface area contributed by atoms with Crippen molar-refractivity contribution in [3.05, 3.63) is 73.1 Å². The predicted octanol–water partition coefficient (Wildman–Crippen LogP) is 5.24. The molecule has 0 saturated heterocycles. The molecule has 0 aliphatic heterocycles. The van der Waals surface area contributed by atoms with Crippen molar-refractivity contribution >= 4 is 16.9 Å². The van der Waals surface area contributed by atoms with Gasteiger partial charge in [-0.15, -0.1) is 0 Å². The summed E-state index contributed by atoms with van der Waals surface area (Å²) >= 11 is 0. The molecule has 1 aromatic heterocycles. The molecule has 0 bridgehead atoms. The summed E-state index contributed by atoms with van der Waals surface area (Å²) in [4.78, 5) is 23.2. The molecular formula is C25H28O5. The van der Waals surface area contributed by atoms with Crippen LogP contribution >= 0.6 is 0 Å². The minimum Gasteiger partial charge on any atom is -0.489 e. The highest BCUT2D eigenvalue weighted by Crippen LogP contribution is 2.29. The van der Waals surface area contributed by atoms with Crippen LogP contribution in [-0.2, 0) is 17.8 Å². The van der Waals surface area contributed by atoms with Gasteiger partial charge in [-0.25, -0.2) is 4.79 Å². The lowest BCUT2D eigenvalue weighted by molar-refractivity contribution is -0.136. The van der Waals surface area contributed by atoms with E-state index in [1.165, 1.54) is 33.4 Å². The summed E-state index contributed by atoms with van der Waals surface area (Å²) < 4.78 is 11.5.